The number of carboxylic acid groups (broad SMARTS) is 1. The van der Waals surface area contributed by atoms with E-state index in [0.29, 0.717) is 17.3 Å². The normalized spacial score (nSPS) is 19.7. The molecule has 5 heteroatoms. The van der Waals surface area contributed by atoms with Crippen molar-refractivity contribution >= 4 is 22.4 Å². The monoisotopic (exact) mass is 282 g/mol. The number of hydrogen-bond donors (Lipinski definition) is 1. The average molecular weight is 282 g/mol. The molecule has 1 fully saturated rings. The summed E-state index contributed by atoms with van der Waals surface area (Å²) < 4.78 is 0. The van der Waals surface area contributed by atoms with Crippen LogP contribution in [0.4, 0.5) is 5.13 Å². The molecule has 1 aromatic heterocycles. The highest BCUT2D eigenvalue weighted by atomic mass is 32.1. The molecule has 106 valence electrons. The number of aromatic carboxylic acids is 1. The predicted octanol–water partition coefficient (Wildman–Crippen LogP) is 3.56. The lowest BCUT2D eigenvalue weighted by Crippen LogP contribution is -2.39. The minimum absolute atomic E-state index is 0.415. The van der Waals surface area contributed by atoms with Crippen LogP contribution in [-0.2, 0) is 6.42 Å². The van der Waals surface area contributed by atoms with Gasteiger partial charge >= 0.3 is 5.97 Å². The molecular weight excluding hydrogens is 260 g/mol. The van der Waals surface area contributed by atoms with Gasteiger partial charge in [0.05, 0.1) is 5.69 Å². The Morgan fingerprint density at radius 2 is 2.26 bits per heavy atom. The molecule has 1 aliphatic rings. The molecule has 1 atom stereocenters. The smallest absolute Gasteiger partial charge is 0.347 e. The molecule has 0 amide bonds. The third-order valence-electron chi connectivity index (χ3n) is 3.71. The van der Waals surface area contributed by atoms with Gasteiger partial charge in [-0.05, 0) is 32.1 Å². The van der Waals surface area contributed by atoms with Gasteiger partial charge < -0.3 is 10.0 Å². The van der Waals surface area contributed by atoms with Crippen molar-refractivity contribution in [3.63, 3.8) is 0 Å². The molecule has 4 nitrogen and oxygen atoms in total. The Bertz CT molecular complexity index is 443. The van der Waals surface area contributed by atoms with E-state index in [4.69, 9.17) is 0 Å². The number of aryl methyl sites for hydroxylation is 1. The summed E-state index contributed by atoms with van der Waals surface area (Å²) in [6, 6.07) is 0.538. The number of rotatable bonds is 5. The van der Waals surface area contributed by atoms with Crippen molar-refractivity contribution in [2.45, 2.75) is 58.4 Å². The van der Waals surface area contributed by atoms with Crippen LogP contribution in [0.3, 0.4) is 0 Å². The Labute approximate surface area is 118 Å². The Morgan fingerprint density at radius 1 is 1.47 bits per heavy atom. The van der Waals surface area contributed by atoms with Crippen molar-refractivity contribution in [2.75, 3.05) is 11.4 Å². The topological polar surface area (TPSA) is 53.4 Å². The number of nitrogens with zero attached hydrogens (tertiary/aromatic N) is 2. The van der Waals surface area contributed by atoms with Crippen molar-refractivity contribution in [1.82, 2.24) is 4.98 Å². The number of hydrogen-bond acceptors (Lipinski definition) is 4. The van der Waals surface area contributed by atoms with Crippen molar-refractivity contribution < 1.29 is 9.90 Å². The van der Waals surface area contributed by atoms with Crippen LogP contribution in [0.25, 0.3) is 0 Å². The van der Waals surface area contributed by atoms with Crippen LogP contribution in [0.5, 0.6) is 0 Å². The molecule has 0 aliphatic carbocycles. The van der Waals surface area contributed by atoms with E-state index in [0.717, 1.165) is 17.4 Å². The van der Waals surface area contributed by atoms with Crippen LogP contribution in [0.15, 0.2) is 0 Å². The minimum Gasteiger partial charge on any atom is -0.477 e. The molecule has 0 saturated carbocycles. The minimum atomic E-state index is -0.843. The van der Waals surface area contributed by atoms with E-state index in [1.807, 2.05) is 6.92 Å². The lowest BCUT2D eigenvalue weighted by atomic mass is 9.99. The first-order chi connectivity index (χ1) is 9.17. The van der Waals surface area contributed by atoms with Crippen LogP contribution in [0.1, 0.15) is 61.3 Å². The Morgan fingerprint density at radius 3 is 2.84 bits per heavy atom. The zero-order valence-corrected chi connectivity index (χ0v) is 12.5. The second-order valence-corrected chi connectivity index (χ2v) is 6.04. The molecule has 0 radical (unpaired) electrons. The summed E-state index contributed by atoms with van der Waals surface area (Å²) in [6.07, 6.45) is 6.69. The second kappa shape index (κ2) is 6.37. The van der Waals surface area contributed by atoms with Gasteiger partial charge in [0, 0.05) is 12.6 Å². The van der Waals surface area contributed by atoms with Crippen molar-refractivity contribution in [2.24, 2.45) is 0 Å². The molecule has 0 spiro atoms. The van der Waals surface area contributed by atoms with E-state index in [1.54, 1.807) is 0 Å². The Kier molecular flexibility index (Phi) is 4.80. The van der Waals surface area contributed by atoms with Gasteiger partial charge in [-0.1, -0.05) is 31.6 Å². The Hall–Kier alpha value is -1.10. The molecule has 1 aromatic rings. The summed E-state index contributed by atoms with van der Waals surface area (Å²) in [7, 11) is 0. The van der Waals surface area contributed by atoms with Crippen LogP contribution in [-0.4, -0.2) is 28.6 Å². The standard InChI is InChI=1S/C14H22N2O2S/c1-3-7-10-8-5-6-9-16(10)14-15-11(4-2)12(19-14)13(17)18/h10H,3-9H2,1-2H3,(H,17,18). The molecule has 1 saturated heterocycles. The number of carboxylic acids is 1. The second-order valence-electron chi connectivity index (χ2n) is 5.06. The quantitative estimate of drug-likeness (QED) is 0.897. The van der Waals surface area contributed by atoms with Gasteiger partial charge in [0.2, 0.25) is 0 Å². The van der Waals surface area contributed by atoms with Gasteiger partial charge in [-0.15, -0.1) is 0 Å². The molecule has 1 aliphatic heterocycles. The maximum Gasteiger partial charge on any atom is 0.347 e. The molecule has 19 heavy (non-hydrogen) atoms. The zero-order valence-electron chi connectivity index (χ0n) is 11.7. The number of aromatic nitrogens is 1. The molecule has 1 unspecified atom stereocenters. The molecular formula is C14H22N2O2S. The lowest BCUT2D eigenvalue weighted by Gasteiger charge is -2.35. The molecule has 2 heterocycles. The third-order valence-corrected chi connectivity index (χ3v) is 4.83. The van der Waals surface area contributed by atoms with E-state index >= 15 is 0 Å². The van der Waals surface area contributed by atoms with Crippen LogP contribution < -0.4 is 4.90 Å². The summed E-state index contributed by atoms with van der Waals surface area (Å²) in [6.45, 7) is 5.18. The van der Waals surface area contributed by atoms with Crippen LogP contribution >= 0.6 is 11.3 Å². The summed E-state index contributed by atoms with van der Waals surface area (Å²) in [5.41, 5.74) is 0.730. The summed E-state index contributed by atoms with van der Waals surface area (Å²) in [4.78, 5) is 18.6. The first-order valence-electron chi connectivity index (χ1n) is 7.17. The number of thiazole rings is 1. The van der Waals surface area contributed by atoms with E-state index < -0.39 is 5.97 Å². The highest BCUT2D eigenvalue weighted by Gasteiger charge is 2.26. The van der Waals surface area contributed by atoms with Crippen LogP contribution in [0.2, 0.25) is 0 Å². The molecule has 1 N–H and O–H groups in total. The number of piperidine rings is 1. The van der Waals surface area contributed by atoms with Crippen LogP contribution in [0, 0.1) is 0 Å². The molecule has 0 bridgehead atoms. The van der Waals surface area contributed by atoms with Gasteiger partial charge in [0.1, 0.15) is 4.88 Å². The van der Waals surface area contributed by atoms with E-state index in [2.05, 4.69) is 16.8 Å². The molecule has 0 aromatic carbocycles. The maximum atomic E-state index is 11.2. The highest BCUT2D eigenvalue weighted by Crippen LogP contribution is 2.32. The average Bonchev–Trinajstić information content (AvgIpc) is 2.84. The van der Waals surface area contributed by atoms with Gasteiger partial charge in [-0.25, -0.2) is 9.78 Å². The van der Waals surface area contributed by atoms with E-state index in [1.165, 1.54) is 43.4 Å². The Balaban J connectivity index is 2.26. The molecule has 2 rings (SSSR count). The van der Waals surface area contributed by atoms with E-state index in [-0.39, 0.29) is 0 Å². The lowest BCUT2D eigenvalue weighted by molar-refractivity contribution is 0.0701. The summed E-state index contributed by atoms with van der Waals surface area (Å²) in [5, 5.41) is 10.1. The van der Waals surface area contributed by atoms with Gasteiger partial charge in [-0.2, -0.15) is 0 Å². The van der Waals surface area contributed by atoms with Crippen molar-refractivity contribution in [3.8, 4) is 0 Å². The number of carbonyl (C=O) groups is 1. The predicted molar refractivity (Wildman–Crippen MR) is 78.3 cm³/mol. The highest BCUT2D eigenvalue weighted by molar-refractivity contribution is 7.17. The zero-order chi connectivity index (χ0) is 13.8. The third kappa shape index (κ3) is 3.08. The first-order valence-corrected chi connectivity index (χ1v) is 7.98. The fourth-order valence-electron chi connectivity index (χ4n) is 2.75. The van der Waals surface area contributed by atoms with Gasteiger partial charge in [0.25, 0.3) is 0 Å². The SMILES string of the molecule is CCCC1CCCCN1c1nc(CC)c(C(=O)O)s1. The van der Waals surface area contributed by atoms with Crippen molar-refractivity contribution in [3.05, 3.63) is 10.6 Å². The number of anilines is 1. The van der Waals surface area contributed by atoms with E-state index in [9.17, 15) is 9.90 Å². The maximum absolute atomic E-state index is 11.2. The largest absolute Gasteiger partial charge is 0.477 e. The first kappa shape index (κ1) is 14.3. The fourth-order valence-corrected chi connectivity index (χ4v) is 3.85. The summed E-state index contributed by atoms with van der Waals surface area (Å²) in [5.74, 6) is -0.843. The summed E-state index contributed by atoms with van der Waals surface area (Å²) >= 11 is 1.34. The van der Waals surface area contributed by atoms with Gasteiger partial charge in [0.15, 0.2) is 5.13 Å². The fraction of sp³-hybridized carbons (Fsp3) is 0.714. The van der Waals surface area contributed by atoms with Gasteiger partial charge in [-0.3, -0.25) is 0 Å². The van der Waals surface area contributed by atoms with Crippen molar-refractivity contribution in [1.29, 1.82) is 0 Å².